The van der Waals surface area contributed by atoms with Gasteiger partial charge in [-0.05, 0) is 42.8 Å². The summed E-state index contributed by atoms with van der Waals surface area (Å²) in [6.07, 6.45) is 4.95. The molecule has 0 amide bonds. The van der Waals surface area contributed by atoms with E-state index >= 15 is 0 Å². The van der Waals surface area contributed by atoms with Crippen LogP contribution in [0, 0.1) is 0 Å². The van der Waals surface area contributed by atoms with Crippen LogP contribution >= 0.6 is 15.9 Å². The van der Waals surface area contributed by atoms with Gasteiger partial charge in [0.05, 0.1) is 4.75 Å². The van der Waals surface area contributed by atoms with Crippen LogP contribution in [-0.4, -0.2) is 20.2 Å². The van der Waals surface area contributed by atoms with E-state index in [1.165, 1.54) is 0 Å². The zero-order chi connectivity index (χ0) is 11.5. The molecule has 82 valence electrons. The molecule has 0 aliphatic rings. The molecule has 0 aromatic carbocycles. The van der Waals surface area contributed by atoms with Crippen LogP contribution in [0.25, 0.3) is 0 Å². The Bertz CT molecular complexity index is 399. The van der Waals surface area contributed by atoms with Crippen LogP contribution in [0.15, 0.2) is 27.3 Å². The smallest absolute Gasteiger partial charge is 0.144 e. The number of nitrogens with zero attached hydrogens (tertiary/aromatic N) is 2. The number of pyridine rings is 1. The minimum absolute atomic E-state index is 0.323. The third kappa shape index (κ3) is 4.22. The van der Waals surface area contributed by atoms with Crippen molar-refractivity contribution in [2.75, 3.05) is 0 Å². The van der Waals surface area contributed by atoms with Gasteiger partial charge in [0, 0.05) is 28.6 Å². The van der Waals surface area contributed by atoms with E-state index in [1.54, 1.807) is 18.6 Å². The minimum atomic E-state index is -1.22. The topological polar surface area (TPSA) is 42.3 Å². The van der Waals surface area contributed by atoms with E-state index in [2.05, 4.69) is 25.3 Å². The lowest BCUT2D eigenvalue weighted by Gasteiger charge is -2.12. The molecule has 1 aromatic heterocycles. The van der Waals surface area contributed by atoms with E-state index in [0.717, 1.165) is 10.0 Å². The molecule has 1 aromatic rings. The standard InChI is InChI=1S/C10H13BrN2OS/c1-10(2,3)15(14)13-6-8-4-9(11)7-12-5-8/h4-7H,1-3H3/b13-6+/t15-/m0/s1. The third-order valence-electron chi connectivity index (χ3n) is 1.55. The second kappa shape index (κ2) is 4.99. The Kier molecular flexibility index (Phi) is 4.16. The first-order valence-corrected chi connectivity index (χ1v) is 6.36. The molecule has 0 spiro atoms. The van der Waals surface area contributed by atoms with Gasteiger partial charge in [-0.3, -0.25) is 4.98 Å². The molecule has 0 aliphatic carbocycles. The zero-order valence-corrected chi connectivity index (χ0v) is 11.3. The van der Waals surface area contributed by atoms with E-state index in [0.29, 0.717) is 0 Å². The molecular formula is C10H13BrN2OS. The predicted octanol–water partition coefficient (Wildman–Crippen LogP) is 2.73. The molecule has 0 unspecified atom stereocenters. The first-order valence-electron chi connectivity index (χ1n) is 4.46. The van der Waals surface area contributed by atoms with Crippen molar-refractivity contribution in [3.8, 4) is 0 Å². The fourth-order valence-electron chi connectivity index (χ4n) is 0.766. The van der Waals surface area contributed by atoms with Gasteiger partial charge in [-0.1, -0.05) is 0 Å². The van der Waals surface area contributed by atoms with Crippen LogP contribution in [0.2, 0.25) is 0 Å². The van der Waals surface area contributed by atoms with Crippen molar-refractivity contribution in [3.05, 3.63) is 28.5 Å². The lowest BCUT2D eigenvalue weighted by atomic mass is 10.3. The molecule has 15 heavy (non-hydrogen) atoms. The van der Waals surface area contributed by atoms with E-state index in [-0.39, 0.29) is 4.75 Å². The van der Waals surface area contributed by atoms with Gasteiger partial charge in [-0.25, -0.2) is 4.21 Å². The average Bonchev–Trinajstić information content (AvgIpc) is 2.12. The lowest BCUT2D eigenvalue weighted by Crippen LogP contribution is -2.19. The van der Waals surface area contributed by atoms with Crippen LogP contribution < -0.4 is 0 Å². The highest BCUT2D eigenvalue weighted by molar-refractivity contribution is 9.10. The maximum absolute atomic E-state index is 11.6. The summed E-state index contributed by atoms with van der Waals surface area (Å²) in [4.78, 5) is 3.99. The fraction of sp³-hybridized carbons (Fsp3) is 0.400. The van der Waals surface area contributed by atoms with Crippen molar-refractivity contribution in [3.63, 3.8) is 0 Å². The quantitative estimate of drug-likeness (QED) is 0.786. The van der Waals surface area contributed by atoms with Gasteiger partial charge in [0.15, 0.2) is 0 Å². The van der Waals surface area contributed by atoms with Crippen molar-refractivity contribution < 1.29 is 4.21 Å². The highest BCUT2D eigenvalue weighted by atomic mass is 79.9. The van der Waals surface area contributed by atoms with Crippen LogP contribution in [-0.2, 0) is 11.0 Å². The van der Waals surface area contributed by atoms with E-state index in [9.17, 15) is 4.21 Å². The van der Waals surface area contributed by atoms with Crippen molar-refractivity contribution in [1.29, 1.82) is 0 Å². The molecule has 0 aliphatic heterocycles. The number of aromatic nitrogens is 1. The molecule has 0 fully saturated rings. The number of hydrogen-bond acceptors (Lipinski definition) is 2. The summed E-state index contributed by atoms with van der Waals surface area (Å²) in [6, 6.07) is 1.87. The summed E-state index contributed by atoms with van der Waals surface area (Å²) >= 11 is 3.31. The van der Waals surface area contributed by atoms with Gasteiger partial charge in [0.2, 0.25) is 0 Å². The molecule has 5 heteroatoms. The Morgan fingerprint density at radius 1 is 1.47 bits per heavy atom. The highest BCUT2D eigenvalue weighted by Crippen LogP contribution is 2.13. The predicted molar refractivity (Wildman–Crippen MR) is 67.4 cm³/mol. The number of rotatable bonds is 2. The first kappa shape index (κ1) is 12.5. The molecule has 1 heterocycles. The monoisotopic (exact) mass is 288 g/mol. The molecule has 1 atom stereocenters. The van der Waals surface area contributed by atoms with Crippen LogP contribution in [0.4, 0.5) is 0 Å². The summed E-state index contributed by atoms with van der Waals surface area (Å²) < 4.78 is 16.2. The van der Waals surface area contributed by atoms with Crippen molar-refractivity contribution in [1.82, 2.24) is 4.98 Å². The maximum atomic E-state index is 11.6. The van der Waals surface area contributed by atoms with E-state index < -0.39 is 11.0 Å². The molecule has 0 N–H and O–H groups in total. The Labute approximate surface area is 101 Å². The molecule has 0 saturated heterocycles. The molecule has 0 saturated carbocycles. The van der Waals surface area contributed by atoms with Gasteiger partial charge in [0.1, 0.15) is 11.0 Å². The third-order valence-corrected chi connectivity index (χ3v) is 3.33. The summed E-state index contributed by atoms with van der Waals surface area (Å²) in [5.41, 5.74) is 0.835. The molecule has 0 radical (unpaired) electrons. The van der Waals surface area contributed by atoms with E-state index in [1.807, 2.05) is 26.8 Å². The summed E-state index contributed by atoms with van der Waals surface area (Å²) in [7, 11) is -1.22. The second-order valence-corrected chi connectivity index (χ2v) is 6.88. The number of halogens is 1. The van der Waals surface area contributed by atoms with Gasteiger partial charge in [-0.15, -0.1) is 0 Å². The van der Waals surface area contributed by atoms with Crippen LogP contribution in [0.5, 0.6) is 0 Å². The van der Waals surface area contributed by atoms with Gasteiger partial charge in [-0.2, -0.15) is 4.40 Å². The Balaban J connectivity index is 2.79. The second-order valence-electron chi connectivity index (χ2n) is 4.03. The average molecular weight is 289 g/mol. The fourth-order valence-corrected chi connectivity index (χ4v) is 1.68. The minimum Gasteiger partial charge on any atom is -0.263 e. The van der Waals surface area contributed by atoms with Crippen LogP contribution in [0.1, 0.15) is 26.3 Å². The van der Waals surface area contributed by atoms with Gasteiger partial charge < -0.3 is 0 Å². The highest BCUT2D eigenvalue weighted by Gasteiger charge is 2.17. The molecular weight excluding hydrogens is 276 g/mol. The lowest BCUT2D eigenvalue weighted by molar-refractivity contribution is 0.651. The number of hydrogen-bond donors (Lipinski definition) is 0. The first-order chi connectivity index (χ1) is 6.89. The van der Waals surface area contributed by atoms with E-state index in [4.69, 9.17) is 0 Å². The Morgan fingerprint density at radius 3 is 2.67 bits per heavy atom. The summed E-state index contributed by atoms with van der Waals surface area (Å²) in [5.74, 6) is 0. The normalized spacial score (nSPS) is 14.4. The summed E-state index contributed by atoms with van der Waals surface area (Å²) in [5, 5.41) is 0. The van der Waals surface area contributed by atoms with Crippen molar-refractivity contribution in [2.45, 2.75) is 25.5 Å². The Morgan fingerprint density at radius 2 is 2.13 bits per heavy atom. The van der Waals surface area contributed by atoms with Gasteiger partial charge >= 0.3 is 0 Å². The molecule has 1 rings (SSSR count). The largest absolute Gasteiger partial charge is 0.263 e. The Hall–Kier alpha value is -0.550. The van der Waals surface area contributed by atoms with Crippen molar-refractivity contribution in [2.24, 2.45) is 4.40 Å². The van der Waals surface area contributed by atoms with Crippen molar-refractivity contribution >= 4 is 33.1 Å². The zero-order valence-electron chi connectivity index (χ0n) is 8.90. The SMILES string of the molecule is CC(C)(C)[S@](=O)/N=C/c1cncc(Br)c1. The molecule has 3 nitrogen and oxygen atoms in total. The van der Waals surface area contributed by atoms with Crippen LogP contribution in [0.3, 0.4) is 0 Å². The van der Waals surface area contributed by atoms with Gasteiger partial charge in [0.25, 0.3) is 0 Å². The summed E-state index contributed by atoms with van der Waals surface area (Å²) in [6.45, 7) is 5.67. The maximum Gasteiger partial charge on any atom is 0.144 e. The molecule has 0 bridgehead atoms.